The number of hydrogen-bond acceptors (Lipinski definition) is 3. The predicted octanol–water partition coefficient (Wildman–Crippen LogP) is 2.64. The average Bonchev–Trinajstić information content (AvgIpc) is 2.79. The monoisotopic (exact) mass is 279 g/mol. The van der Waals surface area contributed by atoms with E-state index < -0.39 is 11.6 Å². The van der Waals surface area contributed by atoms with E-state index in [0.717, 1.165) is 12.1 Å². The first-order valence-corrected chi connectivity index (χ1v) is 6.32. The maximum absolute atomic E-state index is 13.1. The van der Waals surface area contributed by atoms with Gasteiger partial charge in [0.2, 0.25) is 0 Å². The summed E-state index contributed by atoms with van der Waals surface area (Å²) in [6, 6.07) is 3.12. The summed E-state index contributed by atoms with van der Waals surface area (Å²) in [4.78, 5) is 16.1. The molecule has 0 spiro atoms. The molecule has 0 atom stereocenters. The molecule has 0 radical (unpaired) electrons. The van der Waals surface area contributed by atoms with E-state index in [1.54, 1.807) is 4.68 Å². The first-order valence-electron chi connectivity index (χ1n) is 6.32. The number of Topliss-reactive ketones (excluding diaryl/α,β-unsaturated/α-hetero) is 1. The Hall–Kier alpha value is -2.11. The number of carbonyl (C=O) groups excluding carboxylic acids is 1. The van der Waals surface area contributed by atoms with Crippen LogP contribution in [0.2, 0.25) is 0 Å². The van der Waals surface area contributed by atoms with Crippen LogP contribution in [0, 0.1) is 17.6 Å². The molecule has 0 unspecified atom stereocenters. The Bertz CT molecular complexity index is 623. The van der Waals surface area contributed by atoms with Crippen LogP contribution in [0.1, 0.15) is 30.0 Å². The summed E-state index contributed by atoms with van der Waals surface area (Å²) in [5.41, 5.74) is 0.128. The molecule has 1 aromatic carbocycles. The summed E-state index contributed by atoms with van der Waals surface area (Å²) in [5.74, 6) is -1.42. The van der Waals surface area contributed by atoms with Crippen molar-refractivity contribution in [2.24, 2.45) is 5.92 Å². The third kappa shape index (κ3) is 3.26. The van der Waals surface area contributed by atoms with Crippen LogP contribution in [-0.2, 0) is 13.0 Å². The summed E-state index contributed by atoms with van der Waals surface area (Å²) in [7, 11) is 0. The SMILES string of the molecule is CC(C)Cn1ncnc1CC(=O)c1ccc(F)c(F)c1. The summed E-state index contributed by atoms with van der Waals surface area (Å²) < 4.78 is 27.6. The predicted molar refractivity (Wildman–Crippen MR) is 69.3 cm³/mol. The van der Waals surface area contributed by atoms with Gasteiger partial charge in [0.05, 0.1) is 6.42 Å². The van der Waals surface area contributed by atoms with Crippen molar-refractivity contribution in [2.45, 2.75) is 26.8 Å². The first-order chi connectivity index (χ1) is 9.47. The molecular formula is C14H15F2N3O. The summed E-state index contributed by atoms with van der Waals surface area (Å²) in [6.45, 7) is 4.71. The van der Waals surface area contributed by atoms with Gasteiger partial charge in [0.25, 0.3) is 0 Å². The molecule has 2 aromatic rings. The zero-order valence-corrected chi connectivity index (χ0v) is 11.3. The van der Waals surface area contributed by atoms with Gasteiger partial charge in [0, 0.05) is 12.1 Å². The van der Waals surface area contributed by atoms with Crippen molar-refractivity contribution in [3.05, 3.63) is 47.5 Å². The van der Waals surface area contributed by atoms with Crippen molar-refractivity contribution in [3.63, 3.8) is 0 Å². The number of halogens is 2. The Morgan fingerprint density at radius 3 is 2.70 bits per heavy atom. The number of aromatic nitrogens is 3. The molecule has 0 amide bonds. The molecule has 2 rings (SSSR count). The average molecular weight is 279 g/mol. The van der Waals surface area contributed by atoms with Gasteiger partial charge in [-0.2, -0.15) is 5.10 Å². The van der Waals surface area contributed by atoms with Gasteiger partial charge in [-0.15, -0.1) is 0 Å². The fraction of sp³-hybridized carbons (Fsp3) is 0.357. The van der Waals surface area contributed by atoms with Gasteiger partial charge in [0.1, 0.15) is 12.2 Å². The van der Waals surface area contributed by atoms with Gasteiger partial charge in [-0.25, -0.2) is 18.4 Å². The minimum Gasteiger partial charge on any atom is -0.294 e. The number of rotatable bonds is 5. The summed E-state index contributed by atoms with van der Waals surface area (Å²) in [5, 5.41) is 4.05. The normalized spacial score (nSPS) is 11.1. The maximum atomic E-state index is 13.1. The van der Waals surface area contributed by atoms with E-state index in [9.17, 15) is 13.6 Å². The van der Waals surface area contributed by atoms with E-state index in [1.165, 1.54) is 12.4 Å². The number of nitrogens with zero attached hydrogens (tertiary/aromatic N) is 3. The molecule has 0 aliphatic carbocycles. The number of benzene rings is 1. The molecule has 0 aliphatic heterocycles. The quantitative estimate of drug-likeness (QED) is 0.790. The second-order valence-electron chi connectivity index (χ2n) is 4.98. The molecule has 0 saturated carbocycles. The summed E-state index contributed by atoms with van der Waals surface area (Å²) in [6.07, 6.45) is 1.40. The molecule has 6 heteroatoms. The Labute approximate surface area is 115 Å². The van der Waals surface area contributed by atoms with Crippen molar-refractivity contribution in [1.82, 2.24) is 14.8 Å². The van der Waals surface area contributed by atoms with Gasteiger partial charge in [0.15, 0.2) is 17.4 Å². The van der Waals surface area contributed by atoms with E-state index in [2.05, 4.69) is 10.1 Å². The van der Waals surface area contributed by atoms with Gasteiger partial charge in [-0.3, -0.25) is 4.79 Å². The lowest BCUT2D eigenvalue weighted by molar-refractivity contribution is 0.0988. The Balaban J connectivity index is 2.15. The van der Waals surface area contributed by atoms with Crippen LogP contribution in [0.15, 0.2) is 24.5 Å². The largest absolute Gasteiger partial charge is 0.294 e. The highest BCUT2D eigenvalue weighted by Gasteiger charge is 2.14. The molecule has 4 nitrogen and oxygen atoms in total. The zero-order chi connectivity index (χ0) is 14.7. The third-order valence-corrected chi connectivity index (χ3v) is 2.79. The Kier molecular flexibility index (Phi) is 4.22. The lowest BCUT2D eigenvalue weighted by Crippen LogP contribution is -2.14. The molecule has 0 aliphatic rings. The van der Waals surface area contributed by atoms with Crippen molar-refractivity contribution in [3.8, 4) is 0 Å². The van der Waals surface area contributed by atoms with Crippen LogP contribution in [0.5, 0.6) is 0 Å². The van der Waals surface area contributed by atoms with Crippen LogP contribution in [-0.4, -0.2) is 20.5 Å². The highest BCUT2D eigenvalue weighted by molar-refractivity contribution is 5.97. The Morgan fingerprint density at radius 2 is 2.05 bits per heavy atom. The fourth-order valence-corrected chi connectivity index (χ4v) is 1.84. The highest BCUT2D eigenvalue weighted by Crippen LogP contribution is 2.11. The van der Waals surface area contributed by atoms with Crippen molar-refractivity contribution in [1.29, 1.82) is 0 Å². The van der Waals surface area contributed by atoms with Crippen LogP contribution < -0.4 is 0 Å². The lowest BCUT2D eigenvalue weighted by atomic mass is 10.1. The van der Waals surface area contributed by atoms with Gasteiger partial charge >= 0.3 is 0 Å². The molecule has 20 heavy (non-hydrogen) atoms. The third-order valence-electron chi connectivity index (χ3n) is 2.79. The van der Waals surface area contributed by atoms with E-state index in [4.69, 9.17) is 0 Å². The molecule has 0 saturated heterocycles. The van der Waals surface area contributed by atoms with E-state index in [0.29, 0.717) is 18.3 Å². The van der Waals surface area contributed by atoms with Gasteiger partial charge < -0.3 is 0 Å². The summed E-state index contributed by atoms with van der Waals surface area (Å²) >= 11 is 0. The highest BCUT2D eigenvalue weighted by atomic mass is 19.2. The van der Waals surface area contributed by atoms with Crippen LogP contribution in [0.25, 0.3) is 0 Å². The van der Waals surface area contributed by atoms with Crippen LogP contribution >= 0.6 is 0 Å². The van der Waals surface area contributed by atoms with Crippen LogP contribution in [0.3, 0.4) is 0 Å². The van der Waals surface area contributed by atoms with E-state index >= 15 is 0 Å². The van der Waals surface area contributed by atoms with Crippen molar-refractivity contribution < 1.29 is 13.6 Å². The van der Waals surface area contributed by atoms with Crippen molar-refractivity contribution >= 4 is 5.78 Å². The smallest absolute Gasteiger partial charge is 0.170 e. The second kappa shape index (κ2) is 5.90. The minimum absolute atomic E-state index is 0.0117. The number of carbonyl (C=O) groups is 1. The molecule has 1 heterocycles. The molecule has 0 N–H and O–H groups in total. The van der Waals surface area contributed by atoms with Gasteiger partial charge in [-0.05, 0) is 24.1 Å². The van der Waals surface area contributed by atoms with Crippen LogP contribution in [0.4, 0.5) is 8.78 Å². The molecule has 1 aromatic heterocycles. The molecular weight excluding hydrogens is 264 g/mol. The molecule has 106 valence electrons. The maximum Gasteiger partial charge on any atom is 0.170 e. The minimum atomic E-state index is -1.03. The van der Waals surface area contributed by atoms with Gasteiger partial charge in [-0.1, -0.05) is 13.8 Å². The van der Waals surface area contributed by atoms with E-state index in [1.807, 2.05) is 13.8 Å². The lowest BCUT2D eigenvalue weighted by Gasteiger charge is -2.08. The number of ketones is 1. The topological polar surface area (TPSA) is 47.8 Å². The first kappa shape index (κ1) is 14.3. The number of hydrogen-bond donors (Lipinski definition) is 0. The molecule has 0 fully saturated rings. The standard InChI is InChI=1S/C14H15F2N3O/c1-9(2)7-19-14(17-8-18-19)6-13(20)10-3-4-11(15)12(16)5-10/h3-5,8-9H,6-7H2,1-2H3. The molecule has 0 bridgehead atoms. The Morgan fingerprint density at radius 1 is 1.30 bits per heavy atom. The van der Waals surface area contributed by atoms with Crippen molar-refractivity contribution in [2.75, 3.05) is 0 Å². The second-order valence-corrected chi connectivity index (χ2v) is 4.98. The van der Waals surface area contributed by atoms with E-state index in [-0.39, 0.29) is 17.8 Å². The fourth-order valence-electron chi connectivity index (χ4n) is 1.84. The zero-order valence-electron chi connectivity index (χ0n) is 11.3.